The van der Waals surface area contributed by atoms with Gasteiger partial charge in [-0.25, -0.2) is 15.0 Å². The zero-order valence-corrected chi connectivity index (χ0v) is 29.2. The lowest BCUT2D eigenvalue weighted by Gasteiger charge is -2.27. The monoisotopic (exact) mass is 692 g/mol. The predicted octanol–water partition coefficient (Wildman–Crippen LogP) is 13.1. The molecule has 254 valence electrons. The molecule has 2 heterocycles. The molecular weight excluding hydrogens is 661 g/mol. The van der Waals surface area contributed by atoms with Gasteiger partial charge in [-0.1, -0.05) is 152 Å². The lowest BCUT2D eigenvalue weighted by Crippen LogP contribution is -2.10. The topological polar surface area (TPSA) is 55.1 Å². The lowest BCUT2D eigenvalue weighted by molar-refractivity contribution is 0.672. The fraction of sp³-hybridized carbons (Fsp3) is 0. The van der Waals surface area contributed by atoms with Crippen molar-refractivity contribution in [3.8, 4) is 45.3 Å². The largest absolute Gasteiger partial charge is 0.455 e. The first-order valence-corrected chi connectivity index (χ1v) is 18.0. The van der Waals surface area contributed by atoms with Crippen molar-refractivity contribution in [2.45, 2.75) is 0 Å². The third kappa shape index (κ3) is 5.65. The van der Waals surface area contributed by atoms with Gasteiger partial charge in [0.1, 0.15) is 11.2 Å². The molecule has 2 aromatic heterocycles. The number of aromatic nitrogens is 3. The molecule has 8 aromatic carbocycles. The number of benzene rings is 8. The Labute approximate surface area is 312 Å². The number of hydrogen-bond acceptors (Lipinski definition) is 5. The predicted molar refractivity (Wildman–Crippen MR) is 221 cm³/mol. The molecule has 0 spiro atoms. The van der Waals surface area contributed by atoms with E-state index in [1.165, 1.54) is 0 Å². The maximum atomic E-state index is 6.66. The van der Waals surface area contributed by atoms with Gasteiger partial charge in [0.25, 0.3) is 0 Å². The van der Waals surface area contributed by atoms with E-state index in [0.717, 1.165) is 77.6 Å². The van der Waals surface area contributed by atoms with Crippen LogP contribution in [0.25, 0.3) is 78.0 Å². The summed E-state index contributed by atoms with van der Waals surface area (Å²) >= 11 is 0. The quantitative estimate of drug-likeness (QED) is 0.166. The zero-order valence-electron chi connectivity index (χ0n) is 29.2. The van der Waals surface area contributed by atoms with Crippen LogP contribution in [-0.4, -0.2) is 15.0 Å². The van der Waals surface area contributed by atoms with E-state index in [0.29, 0.717) is 17.5 Å². The molecule has 10 rings (SSSR count). The van der Waals surface area contributed by atoms with Crippen LogP contribution >= 0.6 is 0 Å². The molecule has 5 heteroatoms. The van der Waals surface area contributed by atoms with Crippen molar-refractivity contribution >= 4 is 49.8 Å². The molecule has 0 aliphatic heterocycles. The second kappa shape index (κ2) is 13.3. The average molecular weight is 693 g/mol. The Balaban J connectivity index is 1.19. The number of para-hydroxylation sites is 3. The molecule has 0 unspecified atom stereocenters. The SMILES string of the molecule is c1ccc(-c2ccc(-c3nc(-c4ccccc4)nc(-c4ccc5c(N(c6ccccc6)c6ccccc6)cc6c7ccccc7oc6c5c4)n3)cc2)cc1. The van der Waals surface area contributed by atoms with Crippen LogP contribution in [0.15, 0.2) is 199 Å². The molecule has 0 aliphatic carbocycles. The minimum Gasteiger partial charge on any atom is -0.455 e. The Kier molecular flexibility index (Phi) is 7.73. The van der Waals surface area contributed by atoms with Crippen LogP contribution in [0, 0.1) is 0 Å². The summed E-state index contributed by atoms with van der Waals surface area (Å²) in [6, 6.07) is 66.8. The maximum absolute atomic E-state index is 6.66. The first-order valence-electron chi connectivity index (χ1n) is 18.0. The molecule has 0 amide bonds. The van der Waals surface area contributed by atoms with Gasteiger partial charge in [0.2, 0.25) is 0 Å². The van der Waals surface area contributed by atoms with E-state index in [1.807, 2.05) is 60.7 Å². The van der Waals surface area contributed by atoms with Crippen molar-refractivity contribution in [1.29, 1.82) is 0 Å². The summed E-state index contributed by atoms with van der Waals surface area (Å²) in [6.45, 7) is 0. The molecule has 5 nitrogen and oxygen atoms in total. The van der Waals surface area contributed by atoms with Crippen LogP contribution in [0.5, 0.6) is 0 Å². The van der Waals surface area contributed by atoms with Crippen LogP contribution in [-0.2, 0) is 0 Å². The van der Waals surface area contributed by atoms with E-state index >= 15 is 0 Å². The number of hydrogen-bond donors (Lipinski definition) is 0. The molecule has 0 N–H and O–H groups in total. The first-order chi connectivity index (χ1) is 26.8. The maximum Gasteiger partial charge on any atom is 0.164 e. The van der Waals surface area contributed by atoms with Gasteiger partial charge in [0.05, 0.1) is 5.69 Å². The van der Waals surface area contributed by atoms with E-state index in [2.05, 4.69) is 138 Å². The molecule has 0 atom stereocenters. The van der Waals surface area contributed by atoms with E-state index in [4.69, 9.17) is 19.4 Å². The number of rotatable bonds is 7. The van der Waals surface area contributed by atoms with Crippen molar-refractivity contribution < 1.29 is 4.42 Å². The van der Waals surface area contributed by atoms with Gasteiger partial charge in [0.15, 0.2) is 17.5 Å². The summed E-state index contributed by atoms with van der Waals surface area (Å²) in [5.74, 6) is 1.82. The van der Waals surface area contributed by atoms with E-state index in [1.54, 1.807) is 0 Å². The fourth-order valence-corrected chi connectivity index (χ4v) is 7.28. The van der Waals surface area contributed by atoms with Gasteiger partial charge in [-0.15, -0.1) is 0 Å². The van der Waals surface area contributed by atoms with Crippen molar-refractivity contribution in [2.24, 2.45) is 0 Å². The smallest absolute Gasteiger partial charge is 0.164 e. The summed E-state index contributed by atoms with van der Waals surface area (Å²) in [6.07, 6.45) is 0. The van der Waals surface area contributed by atoms with Crippen LogP contribution in [0.1, 0.15) is 0 Å². The molecule has 0 bridgehead atoms. The van der Waals surface area contributed by atoms with Gasteiger partial charge in [-0.2, -0.15) is 0 Å². The number of fused-ring (bicyclic) bond motifs is 5. The standard InChI is InChI=1S/C49H32N4O/c1-5-15-33(16-6-1)34-25-27-36(28-26-34)48-50-47(35-17-7-2-8-18-35)51-49(52-48)37-29-30-40-42(31-37)46-43(41-23-13-14-24-45(41)54-46)32-44(40)53(38-19-9-3-10-20-38)39-21-11-4-12-22-39/h1-32H. The molecule has 0 aliphatic rings. The molecule has 0 radical (unpaired) electrons. The number of nitrogens with zero attached hydrogens (tertiary/aromatic N) is 4. The normalized spacial score (nSPS) is 11.3. The van der Waals surface area contributed by atoms with Gasteiger partial charge >= 0.3 is 0 Å². The Morgan fingerprint density at radius 1 is 0.333 bits per heavy atom. The van der Waals surface area contributed by atoms with Crippen molar-refractivity contribution in [3.63, 3.8) is 0 Å². The number of furan rings is 1. The molecule has 0 saturated carbocycles. The van der Waals surface area contributed by atoms with Gasteiger partial charge in [-0.05, 0) is 53.6 Å². The minimum atomic E-state index is 0.588. The van der Waals surface area contributed by atoms with E-state index in [-0.39, 0.29) is 0 Å². The number of anilines is 3. The Morgan fingerprint density at radius 2 is 0.778 bits per heavy atom. The van der Waals surface area contributed by atoms with Crippen LogP contribution < -0.4 is 4.90 Å². The summed E-state index contributed by atoms with van der Waals surface area (Å²) in [4.78, 5) is 17.5. The molecule has 10 aromatic rings. The molecule has 0 saturated heterocycles. The molecular formula is C49H32N4O. The average Bonchev–Trinajstić information content (AvgIpc) is 3.64. The van der Waals surface area contributed by atoms with Crippen LogP contribution in [0.2, 0.25) is 0 Å². The van der Waals surface area contributed by atoms with Crippen molar-refractivity contribution in [1.82, 2.24) is 15.0 Å². The Bertz CT molecular complexity index is 2870. The highest BCUT2D eigenvalue weighted by Crippen LogP contribution is 2.45. The third-order valence-electron chi connectivity index (χ3n) is 9.90. The fourth-order valence-electron chi connectivity index (χ4n) is 7.28. The summed E-state index contributed by atoms with van der Waals surface area (Å²) in [7, 11) is 0. The molecule has 0 fully saturated rings. The Morgan fingerprint density at radius 3 is 1.41 bits per heavy atom. The highest BCUT2D eigenvalue weighted by molar-refractivity contribution is 6.20. The second-order valence-corrected chi connectivity index (χ2v) is 13.3. The van der Waals surface area contributed by atoms with E-state index < -0.39 is 0 Å². The summed E-state index contributed by atoms with van der Waals surface area (Å²) in [5, 5.41) is 4.13. The Hall–Kier alpha value is -7.37. The minimum absolute atomic E-state index is 0.588. The van der Waals surface area contributed by atoms with Gasteiger partial charge in [-0.3, -0.25) is 0 Å². The third-order valence-corrected chi connectivity index (χ3v) is 9.90. The molecule has 54 heavy (non-hydrogen) atoms. The first kappa shape index (κ1) is 31.4. The van der Waals surface area contributed by atoms with Crippen molar-refractivity contribution in [3.05, 3.63) is 194 Å². The summed E-state index contributed by atoms with van der Waals surface area (Å²) in [5.41, 5.74) is 9.85. The van der Waals surface area contributed by atoms with Gasteiger partial charge in [0, 0.05) is 49.6 Å². The van der Waals surface area contributed by atoms with Gasteiger partial charge < -0.3 is 9.32 Å². The lowest BCUT2D eigenvalue weighted by atomic mass is 9.99. The highest BCUT2D eigenvalue weighted by atomic mass is 16.3. The zero-order chi connectivity index (χ0) is 35.8. The van der Waals surface area contributed by atoms with Crippen LogP contribution in [0.4, 0.5) is 17.1 Å². The van der Waals surface area contributed by atoms with E-state index in [9.17, 15) is 0 Å². The second-order valence-electron chi connectivity index (χ2n) is 13.3. The van der Waals surface area contributed by atoms with Crippen LogP contribution in [0.3, 0.4) is 0 Å². The summed E-state index contributed by atoms with van der Waals surface area (Å²) < 4.78 is 6.66. The highest BCUT2D eigenvalue weighted by Gasteiger charge is 2.21. The van der Waals surface area contributed by atoms with Crippen molar-refractivity contribution in [2.75, 3.05) is 4.90 Å².